The summed E-state index contributed by atoms with van der Waals surface area (Å²) >= 11 is 0. The van der Waals surface area contributed by atoms with E-state index in [0.717, 1.165) is 14.2 Å². The molecule has 1 N–H and O–H groups in total. The van der Waals surface area contributed by atoms with Gasteiger partial charge in [-0.1, -0.05) is 0 Å². The van der Waals surface area contributed by atoms with Crippen LogP contribution in [0.5, 0.6) is 5.75 Å². The Morgan fingerprint density at radius 2 is 2.05 bits per heavy atom. The number of carbonyl (C=O) groups is 1. The van der Waals surface area contributed by atoms with Gasteiger partial charge in [0.2, 0.25) is 0 Å². The predicted molar refractivity (Wildman–Crippen MR) is 77.9 cm³/mol. The third-order valence-electron chi connectivity index (χ3n) is 3.57. The van der Waals surface area contributed by atoms with Crippen LogP contribution in [0.4, 0.5) is 5.69 Å². The van der Waals surface area contributed by atoms with E-state index in [1.54, 1.807) is 12.1 Å². The van der Waals surface area contributed by atoms with Gasteiger partial charge in [0, 0.05) is 26.6 Å². The molecule has 0 amide bonds. The molecule has 0 aromatic heterocycles. The molecule has 116 valence electrons. The Kier molecular flexibility index (Phi) is 3.85. The van der Waals surface area contributed by atoms with Gasteiger partial charge in [-0.05, 0) is 24.1 Å². The molecule has 0 saturated carbocycles. The summed E-state index contributed by atoms with van der Waals surface area (Å²) in [7, 11) is 0.335. The first-order valence-electron chi connectivity index (χ1n) is 6.32. The maximum atomic E-state index is 12.5. The fourth-order valence-corrected chi connectivity index (χ4v) is 3.69. The van der Waals surface area contributed by atoms with Gasteiger partial charge >= 0.3 is 16.2 Å². The second-order valence-electron chi connectivity index (χ2n) is 5.09. The lowest BCUT2D eigenvalue weighted by molar-refractivity contribution is -0.138. The van der Waals surface area contributed by atoms with Gasteiger partial charge < -0.3 is 9.84 Å². The van der Waals surface area contributed by atoms with Crippen molar-refractivity contribution < 1.29 is 23.1 Å². The van der Waals surface area contributed by atoms with Crippen LogP contribution in [-0.2, 0) is 21.4 Å². The van der Waals surface area contributed by atoms with Gasteiger partial charge in [-0.2, -0.15) is 12.7 Å². The number of hydrogen-bond donors (Lipinski definition) is 1. The molecule has 8 heteroatoms. The zero-order valence-corrected chi connectivity index (χ0v) is 13.1. The first-order valence-corrected chi connectivity index (χ1v) is 7.72. The van der Waals surface area contributed by atoms with Crippen molar-refractivity contribution in [3.05, 3.63) is 23.3 Å². The summed E-state index contributed by atoms with van der Waals surface area (Å²) in [5.41, 5.74) is 1.90. The van der Waals surface area contributed by atoms with E-state index in [9.17, 15) is 18.3 Å². The third kappa shape index (κ3) is 2.44. The Hall–Kier alpha value is -1.80. The summed E-state index contributed by atoms with van der Waals surface area (Å²) in [4.78, 5) is 11.5. The van der Waals surface area contributed by atoms with Gasteiger partial charge in [0.1, 0.15) is 11.8 Å². The molecule has 0 spiro atoms. The van der Waals surface area contributed by atoms with Crippen molar-refractivity contribution in [1.29, 1.82) is 0 Å². The zero-order valence-electron chi connectivity index (χ0n) is 12.3. The van der Waals surface area contributed by atoms with Crippen molar-refractivity contribution in [1.82, 2.24) is 4.31 Å². The molecule has 1 atom stereocenters. The molecular formula is C13H18N2O5S. The smallest absolute Gasteiger partial charge is 0.327 e. The molecule has 1 heterocycles. The molecule has 7 nitrogen and oxygen atoms in total. The Morgan fingerprint density at radius 1 is 1.43 bits per heavy atom. The number of carboxylic acid groups (broad SMARTS) is 1. The molecule has 0 saturated heterocycles. The largest absolute Gasteiger partial charge is 0.497 e. The van der Waals surface area contributed by atoms with Crippen LogP contribution in [0.2, 0.25) is 0 Å². The summed E-state index contributed by atoms with van der Waals surface area (Å²) < 4.78 is 32.1. The predicted octanol–water partition coefficient (Wildman–Crippen LogP) is 0.626. The topological polar surface area (TPSA) is 87.2 Å². The average molecular weight is 314 g/mol. The minimum Gasteiger partial charge on any atom is -0.497 e. The summed E-state index contributed by atoms with van der Waals surface area (Å²) in [5, 5.41) is 9.36. The second-order valence-corrected chi connectivity index (χ2v) is 7.11. The monoisotopic (exact) mass is 314 g/mol. The van der Waals surface area contributed by atoms with Crippen molar-refractivity contribution in [3.8, 4) is 5.75 Å². The fourth-order valence-electron chi connectivity index (χ4n) is 2.44. The molecule has 2 rings (SSSR count). The summed E-state index contributed by atoms with van der Waals surface area (Å²) in [5.74, 6) is -0.675. The number of anilines is 1. The van der Waals surface area contributed by atoms with E-state index in [2.05, 4.69) is 0 Å². The van der Waals surface area contributed by atoms with Crippen molar-refractivity contribution in [2.24, 2.45) is 0 Å². The molecule has 1 unspecified atom stereocenters. The lowest BCUT2D eigenvalue weighted by Gasteiger charge is -2.27. The lowest BCUT2D eigenvalue weighted by atomic mass is 10.0. The van der Waals surface area contributed by atoms with E-state index < -0.39 is 22.2 Å². The quantitative estimate of drug-likeness (QED) is 0.880. The first-order chi connectivity index (χ1) is 9.70. The highest BCUT2D eigenvalue weighted by Crippen LogP contribution is 2.39. The molecule has 1 aliphatic rings. The molecule has 0 fully saturated rings. The number of ether oxygens (including phenoxy) is 1. The molecular weight excluding hydrogens is 296 g/mol. The van der Waals surface area contributed by atoms with Gasteiger partial charge in [-0.3, -0.25) is 0 Å². The van der Waals surface area contributed by atoms with Crippen LogP contribution in [0.3, 0.4) is 0 Å². The maximum absolute atomic E-state index is 12.5. The van der Waals surface area contributed by atoms with Crippen LogP contribution in [0, 0.1) is 6.92 Å². The Morgan fingerprint density at radius 3 is 2.52 bits per heavy atom. The van der Waals surface area contributed by atoms with Gasteiger partial charge in [-0.25, -0.2) is 9.10 Å². The fraction of sp³-hybridized carbons (Fsp3) is 0.462. The number of fused-ring (bicyclic) bond motifs is 1. The van der Waals surface area contributed by atoms with Crippen molar-refractivity contribution >= 4 is 21.9 Å². The number of carboxylic acids is 1. The normalized spacial score (nSPS) is 18.0. The number of nitrogens with zero attached hydrogens (tertiary/aromatic N) is 2. The van der Waals surface area contributed by atoms with Crippen molar-refractivity contribution in [2.75, 3.05) is 25.5 Å². The van der Waals surface area contributed by atoms with Crippen LogP contribution < -0.4 is 9.04 Å². The minimum atomic E-state index is -3.90. The average Bonchev–Trinajstić information content (AvgIpc) is 2.78. The molecule has 1 aromatic rings. The Balaban J connectivity index is 2.68. The Bertz CT molecular complexity index is 684. The highest BCUT2D eigenvalue weighted by Gasteiger charge is 2.43. The van der Waals surface area contributed by atoms with Crippen LogP contribution in [0.1, 0.15) is 11.1 Å². The van der Waals surface area contributed by atoms with E-state index in [-0.39, 0.29) is 6.42 Å². The summed E-state index contributed by atoms with van der Waals surface area (Å²) in [6.45, 7) is 1.81. The third-order valence-corrected chi connectivity index (χ3v) is 5.44. The van der Waals surface area contributed by atoms with Crippen molar-refractivity contribution in [3.63, 3.8) is 0 Å². The van der Waals surface area contributed by atoms with Crippen molar-refractivity contribution in [2.45, 2.75) is 19.4 Å². The van der Waals surface area contributed by atoms with E-state index >= 15 is 0 Å². The minimum absolute atomic E-state index is 0.146. The number of aryl methyl sites for hydroxylation is 1. The van der Waals surface area contributed by atoms with E-state index in [4.69, 9.17) is 4.74 Å². The number of hydrogen-bond acceptors (Lipinski definition) is 4. The van der Waals surface area contributed by atoms with Gasteiger partial charge in [-0.15, -0.1) is 0 Å². The first kappa shape index (κ1) is 15.6. The molecule has 0 bridgehead atoms. The lowest BCUT2D eigenvalue weighted by Crippen LogP contribution is -2.47. The number of benzene rings is 1. The Labute approximate surface area is 123 Å². The highest BCUT2D eigenvalue weighted by atomic mass is 32.2. The van der Waals surface area contributed by atoms with Crippen LogP contribution in [-0.4, -0.2) is 51.0 Å². The standard InChI is InChI=1S/C13H18N2O5S/c1-8-5-9(20-4)6-11-10(8)7-12(13(16)17)15(11)21(18,19)14(2)3/h5-6,12H,7H2,1-4H3,(H,16,17). The van der Waals surface area contributed by atoms with Crippen LogP contribution in [0.15, 0.2) is 12.1 Å². The second kappa shape index (κ2) is 5.19. The van der Waals surface area contributed by atoms with Gasteiger partial charge in [0.05, 0.1) is 12.8 Å². The summed E-state index contributed by atoms with van der Waals surface area (Å²) in [6, 6.07) is 2.19. The zero-order chi connectivity index (χ0) is 15.9. The number of aliphatic carboxylic acids is 1. The van der Waals surface area contributed by atoms with Gasteiger partial charge in [0.25, 0.3) is 0 Å². The molecule has 0 aliphatic carbocycles. The highest BCUT2D eigenvalue weighted by molar-refractivity contribution is 7.90. The molecule has 1 aliphatic heterocycles. The van der Waals surface area contributed by atoms with E-state index in [1.807, 2.05) is 6.92 Å². The van der Waals surface area contributed by atoms with Gasteiger partial charge in [0.15, 0.2) is 0 Å². The SMILES string of the molecule is COc1cc(C)c2c(c1)N(S(=O)(=O)N(C)C)C(C(=O)O)C2. The molecule has 21 heavy (non-hydrogen) atoms. The van der Waals surface area contributed by atoms with E-state index in [1.165, 1.54) is 21.2 Å². The molecule has 1 aromatic carbocycles. The number of methoxy groups -OCH3 is 1. The van der Waals surface area contributed by atoms with Crippen LogP contribution >= 0.6 is 0 Å². The number of rotatable bonds is 4. The van der Waals surface area contributed by atoms with Crippen LogP contribution in [0.25, 0.3) is 0 Å². The molecule has 0 radical (unpaired) electrons. The maximum Gasteiger partial charge on any atom is 0.327 e. The van der Waals surface area contributed by atoms with E-state index in [0.29, 0.717) is 17.0 Å². The summed E-state index contributed by atoms with van der Waals surface area (Å²) in [6.07, 6.45) is 0.146.